The fourth-order valence-electron chi connectivity index (χ4n) is 4.94. The average Bonchev–Trinajstić information content (AvgIpc) is 2.91. The normalized spacial score (nSPS) is 17.9. The molecule has 1 N–H and O–H groups in total. The second-order valence-electron chi connectivity index (χ2n) is 10.6. The lowest BCUT2D eigenvalue weighted by Crippen LogP contribution is -2.68. The molecule has 0 spiro atoms. The van der Waals surface area contributed by atoms with Gasteiger partial charge >= 0.3 is 0 Å². The summed E-state index contributed by atoms with van der Waals surface area (Å²) in [5.41, 5.74) is 1.31. The lowest BCUT2D eigenvalue weighted by atomic mass is 10.0. The van der Waals surface area contributed by atoms with E-state index in [1.807, 2.05) is 18.2 Å². The van der Waals surface area contributed by atoms with Crippen LogP contribution in [0.15, 0.2) is 84.5 Å². The second kappa shape index (κ2) is 14.6. The molecular formula is C32H42O5Si. The maximum absolute atomic E-state index is 9.38. The van der Waals surface area contributed by atoms with Gasteiger partial charge in [-0.2, -0.15) is 0 Å². The summed E-state index contributed by atoms with van der Waals surface area (Å²) in [5.74, 6) is 5.92. The van der Waals surface area contributed by atoms with Crippen molar-refractivity contribution < 1.29 is 23.7 Å². The standard InChI is InChI=1S/C32H42O5Si/c1-26-21-23-35-27(24-26)19-20-30(36-25-34-5)31(18-12-13-22-33)37-38(32(2,3)4,28-14-8-6-9-15-28)29-16-10-7-11-17-29/h6-11,14-17,19-21,27,30-31,33H,18,22-25H2,1-5H3/b20-19+/t27-,30+,31+/m1/s1. The van der Waals surface area contributed by atoms with Gasteiger partial charge in [-0.3, -0.25) is 0 Å². The third kappa shape index (κ3) is 7.76. The zero-order chi connectivity index (χ0) is 27.4. The minimum absolute atomic E-state index is 0.0225. The summed E-state index contributed by atoms with van der Waals surface area (Å²) in [7, 11) is -1.27. The molecule has 1 aliphatic heterocycles. The number of benzene rings is 2. The van der Waals surface area contributed by atoms with Crippen molar-refractivity contribution in [3.63, 3.8) is 0 Å². The van der Waals surface area contributed by atoms with Gasteiger partial charge in [0, 0.05) is 13.5 Å². The van der Waals surface area contributed by atoms with Crippen LogP contribution in [0.2, 0.25) is 5.04 Å². The molecule has 1 aliphatic rings. The van der Waals surface area contributed by atoms with Crippen LogP contribution in [0.4, 0.5) is 0 Å². The molecule has 3 atom stereocenters. The first-order valence-electron chi connectivity index (χ1n) is 13.2. The molecule has 6 heteroatoms. The Balaban J connectivity index is 2.11. The number of rotatable bonds is 11. The van der Waals surface area contributed by atoms with Gasteiger partial charge in [0.2, 0.25) is 0 Å². The number of methoxy groups -OCH3 is 1. The number of hydrogen-bond donors (Lipinski definition) is 1. The maximum Gasteiger partial charge on any atom is 0.261 e. The van der Waals surface area contributed by atoms with Gasteiger partial charge in [-0.15, -0.1) is 0 Å². The number of hydrogen-bond acceptors (Lipinski definition) is 5. The van der Waals surface area contributed by atoms with Crippen molar-refractivity contribution in [1.82, 2.24) is 0 Å². The SMILES string of the molecule is COCO[C@@H](/C=C/[C@@H]1CC(C)=CCO1)[C@H](CC#CCO)O[Si](c1ccccc1)(c1ccccc1)C(C)(C)C. The van der Waals surface area contributed by atoms with Gasteiger partial charge in [0.05, 0.1) is 18.8 Å². The highest BCUT2D eigenvalue weighted by Gasteiger charge is 2.52. The van der Waals surface area contributed by atoms with Crippen LogP contribution in [0, 0.1) is 11.8 Å². The smallest absolute Gasteiger partial charge is 0.261 e. The minimum atomic E-state index is -2.88. The predicted molar refractivity (Wildman–Crippen MR) is 156 cm³/mol. The fourth-order valence-corrected chi connectivity index (χ4v) is 9.62. The zero-order valence-electron chi connectivity index (χ0n) is 23.4. The quantitative estimate of drug-likeness (QED) is 0.198. The molecule has 38 heavy (non-hydrogen) atoms. The van der Waals surface area contributed by atoms with Gasteiger partial charge in [-0.1, -0.05) is 117 Å². The monoisotopic (exact) mass is 534 g/mol. The molecule has 204 valence electrons. The highest BCUT2D eigenvalue weighted by atomic mass is 28.4. The van der Waals surface area contributed by atoms with Gasteiger partial charge in [-0.25, -0.2) is 0 Å². The van der Waals surface area contributed by atoms with Gasteiger partial charge in [0.15, 0.2) is 0 Å². The third-order valence-electron chi connectivity index (χ3n) is 6.78. The summed E-state index contributed by atoms with van der Waals surface area (Å²) in [6.07, 6.45) is 6.59. The van der Waals surface area contributed by atoms with E-state index in [0.29, 0.717) is 13.0 Å². The zero-order valence-corrected chi connectivity index (χ0v) is 24.4. The molecule has 0 bridgehead atoms. The molecule has 0 aliphatic carbocycles. The molecule has 2 aromatic rings. The molecule has 0 unspecified atom stereocenters. The Morgan fingerprint density at radius 2 is 1.68 bits per heavy atom. The van der Waals surface area contributed by atoms with Gasteiger partial charge in [0.25, 0.3) is 8.32 Å². The van der Waals surface area contributed by atoms with Crippen LogP contribution in [0.3, 0.4) is 0 Å². The van der Waals surface area contributed by atoms with Crippen molar-refractivity contribution in [1.29, 1.82) is 0 Å². The first-order chi connectivity index (χ1) is 18.3. The highest BCUT2D eigenvalue weighted by Crippen LogP contribution is 2.38. The van der Waals surface area contributed by atoms with E-state index < -0.39 is 20.5 Å². The summed E-state index contributed by atoms with van der Waals surface area (Å²) < 4.78 is 24.9. The number of aliphatic hydroxyl groups is 1. The van der Waals surface area contributed by atoms with Gasteiger partial charge in [-0.05, 0) is 28.8 Å². The molecule has 0 fully saturated rings. The van der Waals surface area contributed by atoms with Crippen molar-refractivity contribution in [2.45, 2.75) is 63.9 Å². The Morgan fingerprint density at radius 1 is 1.05 bits per heavy atom. The van der Waals surface area contributed by atoms with E-state index in [-0.39, 0.29) is 24.5 Å². The first-order valence-corrected chi connectivity index (χ1v) is 15.1. The molecule has 0 aromatic heterocycles. The van der Waals surface area contributed by atoms with Crippen molar-refractivity contribution in [3.8, 4) is 11.8 Å². The van der Waals surface area contributed by atoms with E-state index >= 15 is 0 Å². The summed E-state index contributed by atoms with van der Waals surface area (Å²) in [4.78, 5) is 0. The Morgan fingerprint density at radius 3 is 2.21 bits per heavy atom. The van der Waals surface area contributed by atoms with Gasteiger partial charge < -0.3 is 23.7 Å². The van der Waals surface area contributed by atoms with Crippen molar-refractivity contribution in [3.05, 3.63) is 84.5 Å². The molecule has 5 nitrogen and oxygen atoms in total. The van der Waals surface area contributed by atoms with Crippen LogP contribution in [-0.2, 0) is 18.6 Å². The van der Waals surface area contributed by atoms with E-state index in [0.717, 1.165) is 6.42 Å². The Bertz CT molecular complexity index is 1060. The van der Waals surface area contributed by atoms with E-state index in [1.165, 1.54) is 15.9 Å². The molecular weight excluding hydrogens is 492 g/mol. The summed E-state index contributed by atoms with van der Waals surface area (Å²) in [6, 6.07) is 21.1. The minimum Gasteiger partial charge on any atom is -0.401 e. The maximum atomic E-state index is 9.38. The van der Waals surface area contributed by atoms with Crippen molar-refractivity contribution in [2.24, 2.45) is 0 Å². The second-order valence-corrected chi connectivity index (χ2v) is 14.8. The lowest BCUT2D eigenvalue weighted by molar-refractivity contribution is -0.0884. The van der Waals surface area contributed by atoms with Crippen LogP contribution in [-0.4, -0.2) is 58.9 Å². The van der Waals surface area contributed by atoms with Crippen LogP contribution in [0.5, 0.6) is 0 Å². The molecule has 1 heterocycles. The molecule has 0 radical (unpaired) electrons. The predicted octanol–water partition coefficient (Wildman–Crippen LogP) is 4.60. The molecule has 3 rings (SSSR count). The van der Waals surface area contributed by atoms with E-state index in [4.69, 9.17) is 18.6 Å². The number of ether oxygens (including phenoxy) is 3. The largest absolute Gasteiger partial charge is 0.401 e. The Kier molecular flexibility index (Phi) is 11.5. The Labute approximate surface area is 229 Å². The molecule has 0 amide bonds. The third-order valence-corrected chi connectivity index (χ3v) is 11.8. The van der Waals surface area contributed by atoms with Gasteiger partial charge in [0.1, 0.15) is 19.5 Å². The van der Waals surface area contributed by atoms with Crippen LogP contribution < -0.4 is 10.4 Å². The Hall–Kier alpha value is -2.50. The molecule has 2 aromatic carbocycles. The number of aliphatic hydroxyl groups excluding tert-OH is 1. The fraction of sp³-hybridized carbons (Fsp3) is 0.438. The average molecular weight is 535 g/mol. The van der Waals surface area contributed by atoms with E-state index in [1.54, 1.807) is 7.11 Å². The van der Waals surface area contributed by atoms with Crippen molar-refractivity contribution >= 4 is 18.7 Å². The van der Waals surface area contributed by atoms with E-state index in [2.05, 4.69) is 100 Å². The van der Waals surface area contributed by atoms with E-state index in [9.17, 15) is 5.11 Å². The summed E-state index contributed by atoms with van der Waals surface area (Å²) in [6.45, 7) is 9.40. The van der Waals surface area contributed by atoms with Crippen molar-refractivity contribution in [2.75, 3.05) is 27.1 Å². The van der Waals surface area contributed by atoms with Crippen LogP contribution in [0.1, 0.15) is 40.5 Å². The molecule has 0 saturated carbocycles. The molecule has 0 saturated heterocycles. The topological polar surface area (TPSA) is 57.2 Å². The van der Waals surface area contributed by atoms with Crippen LogP contribution in [0.25, 0.3) is 0 Å². The first kappa shape index (κ1) is 30.0. The summed E-state index contributed by atoms with van der Waals surface area (Å²) in [5, 5.41) is 11.5. The lowest BCUT2D eigenvalue weighted by Gasteiger charge is -2.46. The highest BCUT2D eigenvalue weighted by molar-refractivity contribution is 6.99. The summed E-state index contributed by atoms with van der Waals surface area (Å²) >= 11 is 0. The van der Waals surface area contributed by atoms with Crippen LogP contribution >= 0.6 is 0 Å².